The van der Waals surface area contributed by atoms with Crippen molar-refractivity contribution in [3.05, 3.63) is 23.7 Å². The number of carbonyl (C=O) groups is 1. The first-order valence-corrected chi connectivity index (χ1v) is 5.06. The number of aliphatic hydroxyl groups is 1. The molecule has 0 spiro atoms. The smallest absolute Gasteiger partial charge is 0.373 e. The number of rotatable bonds is 4. The number of hydrogen-bond acceptors (Lipinski definition) is 5. The van der Waals surface area contributed by atoms with Crippen molar-refractivity contribution in [1.82, 2.24) is 0 Å². The second-order valence-electron chi connectivity index (χ2n) is 3.94. The lowest BCUT2D eigenvalue weighted by molar-refractivity contribution is -0.0217. The van der Waals surface area contributed by atoms with Gasteiger partial charge >= 0.3 is 5.97 Å². The largest absolute Gasteiger partial charge is 0.463 e. The van der Waals surface area contributed by atoms with E-state index in [-0.39, 0.29) is 24.0 Å². The van der Waals surface area contributed by atoms with Gasteiger partial charge in [-0.2, -0.15) is 0 Å². The zero-order chi connectivity index (χ0) is 12.3. The monoisotopic (exact) mass is 227 g/mol. The number of methoxy groups -OCH3 is 1. The van der Waals surface area contributed by atoms with Crippen LogP contribution in [0, 0.1) is 5.92 Å². The minimum absolute atomic E-state index is 0.0266. The molecule has 0 saturated carbocycles. The van der Waals surface area contributed by atoms with E-state index in [2.05, 4.69) is 4.74 Å². The lowest BCUT2D eigenvalue weighted by atomic mass is 9.88. The zero-order valence-electron chi connectivity index (χ0n) is 9.69. The van der Waals surface area contributed by atoms with Gasteiger partial charge in [0.05, 0.1) is 7.11 Å². The van der Waals surface area contributed by atoms with E-state index in [4.69, 9.17) is 10.2 Å². The number of esters is 1. The van der Waals surface area contributed by atoms with Gasteiger partial charge in [0.1, 0.15) is 11.4 Å². The highest BCUT2D eigenvalue weighted by Crippen LogP contribution is 2.30. The standard InChI is InChI=1S/C11H17NO4/c1-7(2)11(14,6-12)9-5-4-8(16-9)10(13)15-3/h4-5,7,14H,6,12H2,1-3H3. The molecule has 1 aromatic rings. The first-order valence-electron chi connectivity index (χ1n) is 5.06. The molecule has 0 aromatic carbocycles. The molecule has 0 bridgehead atoms. The molecule has 0 radical (unpaired) electrons. The Labute approximate surface area is 94.2 Å². The van der Waals surface area contributed by atoms with E-state index in [0.29, 0.717) is 0 Å². The fourth-order valence-corrected chi connectivity index (χ4v) is 1.40. The van der Waals surface area contributed by atoms with Crippen LogP contribution in [0.3, 0.4) is 0 Å². The van der Waals surface area contributed by atoms with E-state index in [1.165, 1.54) is 13.2 Å². The molecule has 1 atom stereocenters. The highest BCUT2D eigenvalue weighted by Gasteiger charge is 2.35. The Morgan fingerprint density at radius 3 is 2.69 bits per heavy atom. The Balaban J connectivity index is 3.05. The maximum Gasteiger partial charge on any atom is 0.373 e. The normalized spacial score (nSPS) is 14.9. The van der Waals surface area contributed by atoms with Crippen molar-refractivity contribution in [2.45, 2.75) is 19.4 Å². The van der Waals surface area contributed by atoms with Crippen molar-refractivity contribution in [2.24, 2.45) is 11.7 Å². The maximum absolute atomic E-state index is 11.2. The van der Waals surface area contributed by atoms with Gasteiger partial charge in [0, 0.05) is 6.54 Å². The second-order valence-corrected chi connectivity index (χ2v) is 3.94. The van der Waals surface area contributed by atoms with E-state index < -0.39 is 11.6 Å². The summed E-state index contributed by atoms with van der Waals surface area (Å²) in [5.41, 5.74) is 4.27. The number of carbonyl (C=O) groups excluding carboxylic acids is 1. The third kappa shape index (κ3) is 2.10. The predicted molar refractivity (Wildman–Crippen MR) is 57.8 cm³/mol. The molecule has 5 nitrogen and oxygen atoms in total. The van der Waals surface area contributed by atoms with Crippen LogP contribution in [0.15, 0.2) is 16.5 Å². The Kier molecular flexibility index (Phi) is 3.72. The maximum atomic E-state index is 11.2. The lowest BCUT2D eigenvalue weighted by Crippen LogP contribution is -2.39. The average Bonchev–Trinajstić information content (AvgIpc) is 2.76. The van der Waals surface area contributed by atoms with E-state index in [0.717, 1.165) is 0 Å². The number of ether oxygens (including phenoxy) is 1. The highest BCUT2D eigenvalue weighted by molar-refractivity contribution is 5.86. The van der Waals surface area contributed by atoms with E-state index in [9.17, 15) is 9.90 Å². The molecule has 1 rings (SSSR count). The molecule has 90 valence electrons. The topological polar surface area (TPSA) is 85.7 Å². The molecule has 1 aromatic heterocycles. The lowest BCUT2D eigenvalue weighted by Gasteiger charge is -2.28. The van der Waals surface area contributed by atoms with Crippen molar-refractivity contribution >= 4 is 5.97 Å². The van der Waals surface area contributed by atoms with Gasteiger partial charge in [0.25, 0.3) is 0 Å². The molecular weight excluding hydrogens is 210 g/mol. The van der Waals surface area contributed by atoms with Crippen molar-refractivity contribution in [1.29, 1.82) is 0 Å². The van der Waals surface area contributed by atoms with Gasteiger partial charge in [-0.3, -0.25) is 0 Å². The first kappa shape index (κ1) is 12.7. The van der Waals surface area contributed by atoms with Crippen molar-refractivity contribution in [2.75, 3.05) is 13.7 Å². The van der Waals surface area contributed by atoms with E-state index in [1.54, 1.807) is 6.07 Å². The zero-order valence-corrected chi connectivity index (χ0v) is 9.69. The molecule has 16 heavy (non-hydrogen) atoms. The van der Waals surface area contributed by atoms with Crippen LogP contribution >= 0.6 is 0 Å². The fraction of sp³-hybridized carbons (Fsp3) is 0.545. The van der Waals surface area contributed by atoms with E-state index in [1.807, 2.05) is 13.8 Å². The Morgan fingerprint density at radius 1 is 1.62 bits per heavy atom. The molecule has 1 heterocycles. The van der Waals surface area contributed by atoms with Gasteiger partial charge in [-0.25, -0.2) is 4.79 Å². The quantitative estimate of drug-likeness (QED) is 0.745. The van der Waals surface area contributed by atoms with Gasteiger partial charge in [-0.15, -0.1) is 0 Å². The van der Waals surface area contributed by atoms with Crippen molar-refractivity contribution in [3.63, 3.8) is 0 Å². The number of nitrogens with two attached hydrogens (primary N) is 1. The minimum Gasteiger partial charge on any atom is -0.463 e. The molecule has 0 aliphatic carbocycles. The molecule has 5 heteroatoms. The number of furan rings is 1. The molecule has 0 amide bonds. The summed E-state index contributed by atoms with van der Waals surface area (Å²) >= 11 is 0. The summed E-state index contributed by atoms with van der Waals surface area (Å²) in [6, 6.07) is 3.00. The molecule has 0 fully saturated rings. The van der Waals surface area contributed by atoms with Gasteiger partial charge in [-0.05, 0) is 18.1 Å². The Bertz CT molecular complexity index is 372. The SMILES string of the molecule is COC(=O)c1ccc(C(O)(CN)C(C)C)o1. The van der Waals surface area contributed by atoms with Gasteiger partial charge in [-0.1, -0.05) is 13.8 Å². The van der Waals surface area contributed by atoms with Crippen molar-refractivity contribution < 1.29 is 19.1 Å². The molecule has 1 unspecified atom stereocenters. The summed E-state index contributed by atoms with van der Waals surface area (Å²) in [4.78, 5) is 11.2. The van der Waals surface area contributed by atoms with Crippen LogP contribution < -0.4 is 5.73 Å². The van der Waals surface area contributed by atoms with Crippen LogP contribution in [0.5, 0.6) is 0 Å². The molecule has 0 aliphatic rings. The second kappa shape index (κ2) is 4.67. The molecule has 0 aliphatic heterocycles. The van der Waals surface area contributed by atoms with Crippen LogP contribution in [0.1, 0.15) is 30.2 Å². The van der Waals surface area contributed by atoms with Crippen LogP contribution in [0.4, 0.5) is 0 Å². The average molecular weight is 227 g/mol. The predicted octanol–water partition coefficient (Wildman–Crippen LogP) is 0.868. The highest BCUT2D eigenvalue weighted by atomic mass is 16.5. The summed E-state index contributed by atoms with van der Waals surface area (Å²) in [7, 11) is 1.27. The number of hydrogen-bond donors (Lipinski definition) is 2. The van der Waals surface area contributed by atoms with Crippen molar-refractivity contribution in [3.8, 4) is 0 Å². The Morgan fingerprint density at radius 2 is 2.25 bits per heavy atom. The minimum atomic E-state index is -1.26. The summed E-state index contributed by atoms with van der Waals surface area (Å²) in [6.45, 7) is 3.68. The summed E-state index contributed by atoms with van der Waals surface area (Å²) in [5.74, 6) is -0.348. The first-order chi connectivity index (χ1) is 7.45. The third-order valence-electron chi connectivity index (χ3n) is 2.69. The molecular formula is C11H17NO4. The van der Waals surface area contributed by atoms with Gasteiger partial charge in [0.2, 0.25) is 5.76 Å². The fourth-order valence-electron chi connectivity index (χ4n) is 1.40. The van der Waals surface area contributed by atoms with Crippen LogP contribution in [-0.2, 0) is 10.3 Å². The van der Waals surface area contributed by atoms with Crippen LogP contribution in [-0.4, -0.2) is 24.7 Å². The van der Waals surface area contributed by atoms with Gasteiger partial charge < -0.3 is 20.0 Å². The van der Waals surface area contributed by atoms with E-state index >= 15 is 0 Å². The van der Waals surface area contributed by atoms with Gasteiger partial charge in [0.15, 0.2) is 0 Å². The molecule has 0 saturated heterocycles. The van der Waals surface area contributed by atoms with Crippen LogP contribution in [0.2, 0.25) is 0 Å². The summed E-state index contributed by atoms with van der Waals surface area (Å²) in [5, 5.41) is 10.3. The third-order valence-corrected chi connectivity index (χ3v) is 2.69. The molecule has 3 N–H and O–H groups in total. The summed E-state index contributed by atoms with van der Waals surface area (Å²) in [6.07, 6.45) is 0. The van der Waals surface area contributed by atoms with Crippen LogP contribution in [0.25, 0.3) is 0 Å². The Hall–Kier alpha value is -1.33. The summed E-state index contributed by atoms with van der Waals surface area (Å²) < 4.78 is 9.76.